The van der Waals surface area contributed by atoms with Crippen molar-refractivity contribution in [3.8, 4) is 0 Å². The second-order valence-corrected chi connectivity index (χ2v) is 5.86. The summed E-state index contributed by atoms with van der Waals surface area (Å²) in [4.78, 5) is 18.5. The van der Waals surface area contributed by atoms with Gasteiger partial charge in [-0.25, -0.2) is 4.98 Å². The zero-order chi connectivity index (χ0) is 15.3. The molecule has 0 spiro atoms. The molecule has 112 valence electrons. The highest BCUT2D eigenvalue weighted by Crippen LogP contribution is 2.20. The van der Waals surface area contributed by atoms with Crippen LogP contribution >= 0.6 is 11.6 Å². The van der Waals surface area contributed by atoms with E-state index in [0.717, 1.165) is 13.0 Å². The number of hydrogen-bond donors (Lipinski definition) is 1. The Morgan fingerprint density at radius 3 is 2.60 bits per heavy atom. The summed E-state index contributed by atoms with van der Waals surface area (Å²) in [6, 6.07) is 3.64. The van der Waals surface area contributed by atoms with Gasteiger partial charge in [0, 0.05) is 19.6 Å². The number of rotatable bonds is 6. The van der Waals surface area contributed by atoms with E-state index in [1.807, 2.05) is 13.8 Å². The Bertz CT molecular complexity index is 462. The third-order valence-electron chi connectivity index (χ3n) is 3.20. The van der Waals surface area contributed by atoms with Gasteiger partial charge in [-0.15, -0.1) is 0 Å². The first kappa shape index (κ1) is 16.8. The fraction of sp³-hybridized carbons (Fsp3) is 0.600. The average Bonchev–Trinajstić information content (AvgIpc) is 2.38. The van der Waals surface area contributed by atoms with E-state index < -0.39 is 0 Å². The molecule has 1 unspecified atom stereocenters. The third kappa shape index (κ3) is 4.37. The van der Waals surface area contributed by atoms with Crippen LogP contribution in [-0.2, 0) is 0 Å². The molecule has 0 fully saturated rings. The van der Waals surface area contributed by atoms with Crippen LogP contribution in [0.2, 0.25) is 5.02 Å². The van der Waals surface area contributed by atoms with Crippen molar-refractivity contribution in [2.75, 3.05) is 18.9 Å². The van der Waals surface area contributed by atoms with E-state index in [0.29, 0.717) is 22.5 Å². The van der Waals surface area contributed by atoms with E-state index in [1.165, 1.54) is 0 Å². The molecule has 0 saturated heterocycles. The van der Waals surface area contributed by atoms with Gasteiger partial charge >= 0.3 is 0 Å². The van der Waals surface area contributed by atoms with Crippen LogP contribution < -0.4 is 5.32 Å². The monoisotopic (exact) mass is 297 g/mol. The molecule has 1 amide bonds. The van der Waals surface area contributed by atoms with Gasteiger partial charge in [-0.05, 0) is 38.3 Å². The zero-order valence-corrected chi connectivity index (χ0v) is 13.7. The first-order chi connectivity index (χ1) is 9.36. The first-order valence-electron chi connectivity index (χ1n) is 7.04. The third-order valence-corrected chi connectivity index (χ3v) is 3.51. The van der Waals surface area contributed by atoms with Gasteiger partial charge in [0.05, 0.1) is 5.02 Å². The molecule has 1 aromatic heterocycles. The molecule has 1 rings (SSSR count). The summed E-state index contributed by atoms with van der Waals surface area (Å²) in [5.41, 5.74) is 0.309. The van der Waals surface area contributed by atoms with Crippen LogP contribution in [0.4, 0.5) is 5.82 Å². The number of aromatic nitrogens is 1. The average molecular weight is 298 g/mol. The highest BCUT2D eigenvalue weighted by molar-refractivity contribution is 6.33. The number of pyridine rings is 1. The number of anilines is 1. The van der Waals surface area contributed by atoms with E-state index in [4.69, 9.17) is 11.6 Å². The van der Waals surface area contributed by atoms with Gasteiger partial charge in [0.2, 0.25) is 0 Å². The topological polar surface area (TPSA) is 45.2 Å². The lowest BCUT2D eigenvalue weighted by Crippen LogP contribution is -2.36. The molecule has 0 radical (unpaired) electrons. The van der Waals surface area contributed by atoms with Gasteiger partial charge < -0.3 is 10.2 Å². The lowest BCUT2D eigenvalue weighted by molar-refractivity contribution is 0.0722. The molecule has 1 heterocycles. The normalized spacial score (nSPS) is 12.3. The van der Waals surface area contributed by atoms with Crippen molar-refractivity contribution in [2.24, 2.45) is 5.92 Å². The van der Waals surface area contributed by atoms with E-state index in [-0.39, 0.29) is 11.9 Å². The Morgan fingerprint density at radius 1 is 1.40 bits per heavy atom. The van der Waals surface area contributed by atoms with Crippen molar-refractivity contribution < 1.29 is 4.79 Å². The number of carbonyl (C=O) groups excluding carboxylic acids is 1. The van der Waals surface area contributed by atoms with Gasteiger partial charge in [-0.3, -0.25) is 4.79 Å². The molecule has 1 N–H and O–H groups in total. The van der Waals surface area contributed by atoms with E-state index in [2.05, 4.69) is 24.1 Å². The molecule has 5 heteroatoms. The molecule has 20 heavy (non-hydrogen) atoms. The van der Waals surface area contributed by atoms with Crippen molar-refractivity contribution in [1.29, 1.82) is 0 Å². The first-order valence-corrected chi connectivity index (χ1v) is 7.42. The smallest absolute Gasteiger partial charge is 0.274 e. The van der Waals surface area contributed by atoms with Gasteiger partial charge in [-0.1, -0.05) is 25.4 Å². The Hall–Kier alpha value is -1.29. The highest BCUT2D eigenvalue weighted by Gasteiger charge is 2.22. The minimum atomic E-state index is -0.136. The predicted octanol–water partition coefficient (Wildman–Crippen LogP) is 3.67. The number of amides is 1. The molecule has 0 bridgehead atoms. The summed E-state index contributed by atoms with van der Waals surface area (Å²) in [6.45, 7) is 9.06. The molecule has 0 aliphatic rings. The Balaban J connectivity index is 2.92. The molecule has 0 aliphatic heterocycles. The summed E-state index contributed by atoms with van der Waals surface area (Å²) >= 11 is 6.11. The summed E-state index contributed by atoms with van der Waals surface area (Å²) in [5, 5.41) is 3.48. The van der Waals surface area contributed by atoms with Crippen LogP contribution in [0.5, 0.6) is 0 Å². The van der Waals surface area contributed by atoms with Crippen LogP contribution in [0.15, 0.2) is 12.1 Å². The molecule has 1 aromatic rings. The van der Waals surface area contributed by atoms with Crippen LogP contribution in [0, 0.1) is 5.92 Å². The van der Waals surface area contributed by atoms with Crippen molar-refractivity contribution in [1.82, 2.24) is 9.88 Å². The molecular formula is C15H24ClN3O. The Morgan fingerprint density at radius 2 is 2.05 bits per heavy atom. The Kier molecular flexibility index (Phi) is 6.27. The molecule has 0 aliphatic carbocycles. The van der Waals surface area contributed by atoms with E-state index in [9.17, 15) is 4.79 Å². The SMILES string of the molecule is CCNc1ccc(Cl)c(C(=O)N(C)C(C)CC(C)C)n1. The number of nitrogens with one attached hydrogen (secondary N) is 1. The fourth-order valence-corrected chi connectivity index (χ4v) is 2.27. The Labute approximate surface area is 126 Å². The van der Waals surface area contributed by atoms with Crippen molar-refractivity contribution in [3.63, 3.8) is 0 Å². The predicted molar refractivity (Wildman–Crippen MR) is 84.4 cm³/mol. The van der Waals surface area contributed by atoms with Gasteiger partial charge in [0.1, 0.15) is 11.5 Å². The van der Waals surface area contributed by atoms with E-state index in [1.54, 1.807) is 24.1 Å². The minimum absolute atomic E-state index is 0.136. The van der Waals surface area contributed by atoms with Crippen molar-refractivity contribution in [2.45, 2.75) is 40.2 Å². The summed E-state index contributed by atoms with van der Waals surface area (Å²) < 4.78 is 0. The molecule has 1 atom stereocenters. The largest absolute Gasteiger partial charge is 0.370 e. The summed E-state index contributed by atoms with van der Waals surface area (Å²) in [5.74, 6) is 1.07. The maximum atomic E-state index is 12.5. The number of hydrogen-bond acceptors (Lipinski definition) is 3. The summed E-state index contributed by atoms with van der Waals surface area (Å²) in [7, 11) is 1.80. The van der Waals surface area contributed by atoms with E-state index >= 15 is 0 Å². The molecule has 4 nitrogen and oxygen atoms in total. The van der Waals surface area contributed by atoms with Crippen LogP contribution in [0.25, 0.3) is 0 Å². The summed E-state index contributed by atoms with van der Waals surface area (Å²) in [6.07, 6.45) is 0.951. The second-order valence-electron chi connectivity index (χ2n) is 5.45. The molecule has 0 saturated carbocycles. The molecule has 0 aromatic carbocycles. The standard InChI is InChI=1S/C15H24ClN3O/c1-6-17-13-8-7-12(16)14(18-13)15(20)19(5)11(4)9-10(2)3/h7-8,10-11H,6,9H2,1-5H3,(H,17,18). The van der Waals surface area contributed by atoms with Gasteiger partial charge in [0.15, 0.2) is 0 Å². The lowest BCUT2D eigenvalue weighted by Gasteiger charge is -2.26. The van der Waals surface area contributed by atoms with Crippen LogP contribution in [-0.4, -0.2) is 35.4 Å². The maximum absolute atomic E-state index is 12.5. The van der Waals surface area contributed by atoms with Gasteiger partial charge in [0.25, 0.3) is 5.91 Å². The number of halogens is 1. The number of nitrogens with zero attached hydrogens (tertiary/aromatic N) is 2. The van der Waals surface area contributed by atoms with Gasteiger partial charge in [-0.2, -0.15) is 0 Å². The van der Waals surface area contributed by atoms with Crippen LogP contribution in [0.3, 0.4) is 0 Å². The van der Waals surface area contributed by atoms with Crippen molar-refractivity contribution >= 4 is 23.3 Å². The molecular weight excluding hydrogens is 274 g/mol. The quantitative estimate of drug-likeness (QED) is 0.871. The minimum Gasteiger partial charge on any atom is -0.370 e. The van der Waals surface area contributed by atoms with Crippen molar-refractivity contribution in [3.05, 3.63) is 22.8 Å². The fourth-order valence-electron chi connectivity index (χ4n) is 2.08. The number of carbonyl (C=O) groups is 1. The second kappa shape index (κ2) is 7.48. The lowest BCUT2D eigenvalue weighted by atomic mass is 10.0. The highest BCUT2D eigenvalue weighted by atomic mass is 35.5. The van der Waals surface area contributed by atoms with Crippen LogP contribution in [0.1, 0.15) is 44.6 Å². The zero-order valence-electron chi connectivity index (χ0n) is 12.9. The maximum Gasteiger partial charge on any atom is 0.274 e.